The molecule has 0 aliphatic heterocycles. The first-order valence-electron chi connectivity index (χ1n) is 7.22. The van der Waals surface area contributed by atoms with E-state index in [9.17, 15) is 9.18 Å². The largest absolute Gasteiger partial charge is 0.349 e. The Balaban J connectivity index is 1.76. The molecule has 0 aliphatic carbocycles. The molecule has 2 aromatic rings. The maximum Gasteiger partial charge on any atom is 0.230 e. The zero-order valence-electron chi connectivity index (χ0n) is 12.8. The molecule has 0 saturated carbocycles. The van der Waals surface area contributed by atoms with Crippen molar-refractivity contribution in [1.29, 1.82) is 0 Å². The van der Waals surface area contributed by atoms with Crippen LogP contribution < -0.4 is 5.32 Å². The second kappa shape index (κ2) is 7.99. The lowest BCUT2D eigenvalue weighted by molar-refractivity contribution is -0.119. The van der Waals surface area contributed by atoms with E-state index >= 15 is 0 Å². The molecule has 2 rings (SSSR count). The van der Waals surface area contributed by atoms with Crippen molar-refractivity contribution in [2.45, 2.75) is 25.6 Å². The molecule has 0 aliphatic rings. The summed E-state index contributed by atoms with van der Waals surface area (Å²) >= 11 is 1.59. The molecule has 1 amide bonds. The maximum absolute atomic E-state index is 12.9. The molecule has 0 spiro atoms. The summed E-state index contributed by atoms with van der Waals surface area (Å²) in [6.45, 7) is 3.96. The summed E-state index contributed by atoms with van der Waals surface area (Å²) in [6.07, 6.45) is 0. The van der Waals surface area contributed by atoms with Crippen LogP contribution in [0, 0.1) is 12.7 Å². The Kier molecular flexibility index (Phi) is 6.01. The van der Waals surface area contributed by atoms with Crippen LogP contribution in [0.15, 0.2) is 48.5 Å². The molecular formula is C18H20FNOS. The first-order chi connectivity index (χ1) is 10.5. The topological polar surface area (TPSA) is 29.1 Å². The molecule has 1 unspecified atom stereocenters. The van der Waals surface area contributed by atoms with Crippen molar-refractivity contribution in [1.82, 2.24) is 5.32 Å². The Morgan fingerprint density at radius 3 is 2.64 bits per heavy atom. The minimum absolute atomic E-state index is 0.00511. The number of thioether (sulfide) groups is 1. The molecular weight excluding hydrogens is 297 g/mol. The van der Waals surface area contributed by atoms with Gasteiger partial charge in [0.15, 0.2) is 0 Å². The van der Waals surface area contributed by atoms with Crippen molar-refractivity contribution in [2.24, 2.45) is 0 Å². The van der Waals surface area contributed by atoms with Gasteiger partial charge in [0, 0.05) is 5.75 Å². The van der Waals surface area contributed by atoms with Crippen LogP contribution >= 0.6 is 11.8 Å². The first-order valence-corrected chi connectivity index (χ1v) is 8.38. The number of carbonyl (C=O) groups excluding carboxylic acids is 1. The van der Waals surface area contributed by atoms with E-state index in [-0.39, 0.29) is 17.8 Å². The zero-order chi connectivity index (χ0) is 15.9. The summed E-state index contributed by atoms with van der Waals surface area (Å²) in [5.41, 5.74) is 3.36. The number of aryl methyl sites for hydroxylation is 1. The van der Waals surface area contributed by atoms with Crippen molar-refractivity contribution in [3.8, 4) is 0 Å². The molecule has 0 bridgehead atoms. The Bertz CT molecular complexity index is 627. The summed E-state index contributed by atoms with van der Waals surface area (Å²) in [6, 6.07) is 14.4. The fourth-order valence-electron chi connectivity index (χ4n) is 2.18. The maximum atomic E-state index is 12.9. The molecule has 1 N–H and O–H groups in total. The third-order valence-corrected chi connectivity index (χ3v) is 4.34. The smallest absolute Gasteiger partial charge is 0.230 e. The van der Waals surface area contributed by atoms with Gasteiger partial charge in [0.05, 0.1) is 11.8 Å². The standard InChI is InChI=1S/C18H20FNOS/c1-13-4-3-5-15(10-13)11-22-12-18(21)20-14(2)16-6-8-17(19)9-7-16/h3-10,14H,11-12H2,1-2H3,(H,20,21). The molecule has 0 fully saturated rings. The number of hydrogen-bond donors (Lipinski definition) is 1. The lowest BCUT2D eigenvalue weighted by Crippen LogP contribution is -2.28. The molecule has 0 aromatic heterocycles. The van der Waals surface area contributed by atoms with Gasteiger partial charge in [-0.05, 0) is 37.1 Å². The molecule has 0 heterocycles. The molecule has 116 valence electrons. The number of halogens is 1. The monoisotopic (exact) mass is 317 g/mol. The molecule has 0 radical (unpaired) electrons. The molecule has 2 nitrogen and oxygen atoms in total. The normalized spacial score (nSPS) is 12.0. The van der Waals surface area contributed by atoms with E-state index in [1.807, 2.05) is 13.0 Å². The summed E-state index contributed by atoms with van der Waals surface area (Å²) < 4.78 is 12.9. The minimum Gasteiger partial charge on any atom is -0.349 e. The van der Waals surface area contributed by atoms with Gasteiger partial charge in [0.2, 0.25) is 5.91 Å². The molecule has 0 saturated heterocycles. The Hall–Kier alpha value is -1.81. The van der Waals surface area contributed by atoms with Crippen LogP contribution in [-0.4, -0.2) is 11.7 Å². The van der Waals surface area contributed by atoms with Crippen LogP contribution in [0.3, 0.4) is 0 Å². The third-order valence-electron chi connectivity index (χ3n) is 3.33. The zero-order valence-corrected chi connectivity index (χ0v) is 13.6. The molecule has 4 heteroatoms. The Morgan fingerprint density at radius 1 is 1.23 bits per heavy atom. The summed E-state index contributed by atoms with van der Waals surface area (Å²) in [5.74, 6) is 0.963. The van der Waals surface area contributed by atoms with E-state index in [0.29, 0.717) is 5.75 Å². The van der Waals surface area contributed by atoms with Gasteiger partial charge < -0.3 is 5.32 Å². The van der Waals surface area contributed by atoms with Crippen molar-refractivity contribution in [3.63, 3.8) is 0 Å². The van der Waals surface area contributed by atoms with Crippen molar-refractivity contribution >= 4 is 17.7 Å². The van der Waals surface area contributed by atoms with Crippen LogP contribution in [0.5, 0.6) is 0 Å². The van der Waals surface area contributed by atoms with E-state index in [4.69, 9.17) is 0 Å². The highest BCUT2D eigenvalue weighted by Crippen LogP contribution is 2.15. The second-order valence-corrected chi connectivity index (χ2v) is 6.31. The van der Waals surface area contributed by atoms with Crippen LogP contribution in [0.4, 0.5) is 4.39 Å². The van der Waals surface area contributed by atoms with E-state index in [1.54, 1.807) is 23.9 Å². The number of benzene rings is 2. The van der Waals surface area contributed by atoms with Gasteiger partial charge in [-0.3, -0.25) is 4.79 Å². The molecule has 1 atom stereocenters. The summed E-state index contributed by atoms with van der Waals surface area (Å²) in [7, 11) is 0. The van der Waals surface area contributed by atoms with E-state index in [0.717, 1.165) is 11.3 Å². The Morgan fingerprint density at radius 2 is 1.95 bits per heavy atom. The SMILES string of the molecule is Cc1cccc(CSCC(=O)NC(C)c2ccc(F)cc2)c1. The van der Waals surface area contributed by atoms with Gasteiger partial charge in [-0.2, -0.15) is 0 Å². The van der Waals surface area contributed by atoms with Crippen molar-refractivity contribution < 1.29 is 9.18 Å². The molecule has 2 aromatic carbocycles. The van der Waals surface area contributed by atoms with Crippen LogP contribution in [0.2, 0.25) is 0 Å². The fourth-order valence-corrected chi connectivity index (χ4v) is 2.97. The summed E-state index contributed by atoms with van der Waals surface area (Å²) in [4.78, 5) is 11.9. The number of nitrogens with one attached hydrogen (secondary N) is 1. The van der Waals surface area contributed by atoms with Crippen LogP contribution in [-0.2, 0) is 10.5 Å². The first kappa shape index (κ1) is 16.6. The highest BCUT2D eigenvalue weighted by Gasteiger charge is 2.09. The highest BCUT2D eigenvalue weighted by molar-refractivity contribution is 7.99. The van der Waals surface area contributed by atoms with E-state index in [1.165, 1.54) is 23.3 Å². The lowest BCUT2D eigenvalue weighted by atomic mass is 10.1. The third kappa shape index (κ3) is 5.19. The van der Waals surface area contributed by atoms with Crippen molar-refractivity contribution in [2.75, 3.05) is 5.75 Å². The average Bonchev–Trinajstić information content (AvgIpc) is 2.48. The van der Waals surface area contributed by atoms with Gasteiger partial charge in [0.1, 0.15) is 5.82 Å². The quantitative estimate of drug-likeness (QED) is 0.863. The van der Waals surface area contributed by atoms with Gasteiger partial charge in [-0.1, -0.05) is 42.0 Å². The van der Waals surface area contributed by atoms with Crippen LogP contribution in [0.1, 0.15) is 29.7 Å². The van der Waals surface area contributed by atoms with E-state index in [2.05, 4.69) is 30.4 Å². The van der Waals surface area contributed by atoms with Gasteiger partial charge >= 0.3 is 0 Å². The highest BCUT2D eigenvalue weighted by atomic mass is 32.2. The lowest BCUT2D eigenvalue weighted by Gasteiger charge is -2.14. The van der Waals surface area contributed by atoms with E-state index < -0.39 is 0 Å². The second-order valence-electron chi connectivity index (χ2n) is 5.32. The predicted octanol–water partition coefficient (Wildman–Crippen LogP) is 4.24. The van der Waals surface area contributed by atoms with Crippen molar-refractivity contribution in [3.05, 3.63) is 71.0 Å². The number of carbonyl (C=O) groups is 1. The molecule has 22 heavy (non-hydrogen) atoms. The van der Waals surface area contributed by atoms with Gasteiger partial charge in [0.25, 0.3) is 0 Å². The number of rotatable bonds is 6. The van der Waals surface area contributed by atoms with Gasteiger partial charge in [-0.25, -0.2) is 4.39 Å². The predicted molar refractivity (Wildman–Crippen MR) is 90.3 cm³/mol. The Labute approximate surface area is 135 Å². The average molecular weight is 317 g/mol. The summed E-state index contributed by atoms with van der Waals surface area (Å²) in [5, 5.41) is 2.93. The number of amides is 1. The minimum atomic E-state index is -0.268. The number of hydrogen-bond acceptors (Lipinski definition) is 2. The van der Waals surface area contributed by atoms with Gasteiger partial charge in [-0.15, -0.1) is 11.8 Å². The van der Waals surface area contributed by atoms with Crippen LogP contribution in [0.25, 0.3) is 0 Å². The fraction of sp³-hybridized carbons (Fsp3) is 0.278.